The third kappa shape index (κ3) is 2.30. The summed E-state index contributed by atoms with van der Waals surface area (Å²) in [6.45, 7) is 2.05. The summed E-state index contributed by atoms with van der Waals surface area (Å²) in [6, 6.07) is 4.12. The summed E-state index contributed by atoms with van der Waals surface area (Å²) >= 11 is 0. The fraction of sp³-hybridized carbons (Fsp3) is 0.182. The maximum Gasteiger partial charge on any atom is 0.305 e. The van der Waals surface area contributed by atoms with E-state index in [1.165, 1.54) is 16.8 Å². The summed E-state index contributed by atoms with van der Waals surface area (Å²) in [7, 11) is 0. The second-order valence-corrected chi connectivity index (χ2v) is 3.72. The van der Waals surface area contributed by atoms with Crippen molar-refractivity contribution < 1.29 is 9.31 Å². The lowest BCUT2D eigenvalue weighted by molar-refractivity contribution is -0.387. The highest BCUT2D eigenvalue weighted by Gasteiger charge is 2.17. The van der Waals surface area contributed by atoms with E-state index in [-0.39, 0.29) is 12.1 Å². The van der Waals surface area contributed by atoms with Crippen molar-refractivity contribution in [2.45, 2.75) is 13.5 Å². The Labute approximate surface area is 96.6 Å². The summed E-state index contributed by atoms with van der Waals surface area (Å²) in [5.74, 6) is -0.800. The average molecular weight is 235 g/mol. The predicted octanol–water partition coefficient (Wildman–Crippen LogP) is 2.29. The minimum absolute atomic E-state index is 0.182. The molecule has 0 N–H and O–H groups in total. The van der Waals surface area contributed by atoms with Crippen molar-refractivity contribution >= 4 is 5.69 Å². The zero-order chi connectivity index (χ0) is 12.4. The van der Waals surface area contributed by atoms with E-state index in [0.29, 0.717) is 0 Å². The first-order valence-electron chi connectivity index (χ1n) is 4.99. The standard InChI is InChI=1S/C11H10FN3O2/c1-8-5-13-14(6-8)7-9-3-2-4-10(11(9)12)15(16)17/h2-6H,7H2,1H3. The molecular weight excluding hydrogens is 225 g/mol. The van der Waals surface area contributed by atoms with Gasteiger partial charge in [-0.25, -0.2) is 0 Å². The zero-order valence-corrected chi connectivity index (χ0v) is 9.13. The number of aromatic nitrogens is 2. The molecule has 1 aromatic carbocycles. The maximum absolute atomic E-state index is 13.7. The highest BCUT2D eigenvalue weighted by molar-refractivity contribution is 5.36. The lowest BCUT2D eigenvalue weighted by atomic mass is 10.2. The molecule has 0 saturated carbocycles. The number of hydrogen-bond acceptors (Lipinski definition) is 3. The van der Waals surface area contributed by atoms with Crippen LogP contribution in [0.15, 0.2) is 30.6 Å². The van der Waals surface area contributed by atoms with Crippen molar-refractivity contribution in [2.75, 3.05) is 0 Å². The molecule has 1 aromatic heterocycles. The molecule has 6 heteroatoms. The quantitative estimate of drug-likeness (QED) is 0.605. The van der Waals surface area contributed by atoms with Gasteiger partial charge in [0.2, 0.25) is 5.82 Å². The largest absolute Gasteiger partial charge is 0.305 e. The number of aryl methyl sites for hydroxylation is 1. The van der Waals surface area contributed by atoms with Crippen LogP contribution in [-0.2, 0) is 6.54 Å². The summed E-state index contributed by atoms with van der Waals surface area (Å²) < 4.78 is 15.3. The molecular formula is C11H10FN3O2. The molecule has 0 fully saturated rings. The van der Waals surface area contributed by atoms with E-state index in [9.17, 15) is 14.5 Å². The fourth-order valence-corrected chi connectivity index (χ4v) is 1.56. The average Bonchev–Trinajstić information content (AvgIpc) is 2.67. The van der Waals surface area contributed by atoms with Gasteiger partial charge in [-0.15, -0.1) is 0 Å². The Morgan fingerprint density at radius 2 is 2.29 bits per heavy atom. The summed E-state index contributed by atoms with van der Waals surface area (Å²) in [4.78, 5) is 9.84. The van der Waals surface area contributed by atoms with E-state index < -0.39 is 16.4 Å². The summed E-state index contributed by atoms with van der Waals surface area (Å²) in [5.41, 5.74) is 0.699. The predicted molar refractivity (Wildman–Crippen MR) is 59.1 cm³/mol. The lowest BCUT2D eigenvalue weighted by Gasteiger charge is -2.03. The first-order chi connectivity index (χ1) is 8.08. The van der Waals surface area contributed by atoms with Gasteiger partial charge in [0.15, 0.2) is 0 Å². The minimum atomic E-state index is -0.800. The third-order valence-electron chi connectivity index (χ3n) is 2.35. The van der Waals surface area contributed by atoms with Crippen molar-refractivity contribution in [1.82, 2.24) is 9.78 Å². The van der Waals surface area contributed by atoms with E-state index in [1.807, 2.05) is 6.92 Å². The number of nitro benzene ring substituents is 1. The van der Waals surface area contributed by atoms with Gasteiger partial charge >= 0.3 is 5.69 Å². The Kier molecular flexibility index (Phi) is 2.86. The van der Waals surface area contributed by atoms with Gasteiger partial charge < -0.3 is 0 Å². The topological polar surface area (TPSA) is 61.0 Å². The Morgan fingerprint density at radius 1 is 1.53 bits per heavy atom. The minimum Gasteiger partial charge on any atom is -0.268 e. The van der Waals surface area contributed by atoms with Gasteiger partial charge in [-0.1, -0.05) is 12.1 Å². The van der Waals surface area contributed by atoms with Crippen LogP contribution in [0, 0.1) is 22.9 Å². The smallest absolute Gasteiger partial charge is 0.268 e. The second kappa shape index (κ2) is 4.32. The van der Waals surface area contributed by atoms with Crippen molar-refractivity contribution in [3.05, 3.63) is 57.7 Å². The van der Waals surface area contributed by atoms with Crippen LogP contribution in [-0.4, -0.2) is 14.7 Å². The summed E-state index contributed by atoms with van der Waals surface area (Å²) in [6.07, 6.45) is 3.40. The van der Waals surface area contributed by atoms with Crippen LogP contribution in [0.25, 0.3) is 0 Å². The van der Waals surface area contributed by atoms with Gasteiger partial charge in [0, 0.05) is 17.8 Å². The normalized spacial score (nSPS) is 10.5. The highest BCUT2D eigenvalue weighted by atomic mass is 19.1. The maximum atomic E-state index is 13.7. The van der Waals surface area contributed by atoms with Crippen molar-refractivity contribution in [2.24, 2.45) is 0 Å². The molecule has 0 bridgehead atoms. The number of hydrogen-bond donors (Lipinski definition) is 0. The molecule has 2 aromatic rings. The number of benzene rings is 1. The molecule has 5 nitrogen and oxygen atoms in total. The Hall–Kier alpha value is -2.24. The van der Waals surface area contributed by atoms with E-state index in [0.717, 1.165) is 11.6 Å². The van der Waals surface area contributed by atoms with Crippen LogP contribution in [0.2, 0.25) is 0 Å². The first-order valence-corrected chi connectivity index (χ1v) is 4.99. The van der Waals surface area contributed by atoms with Gasteiger partial charge in [0.05, 0.1) is 17.7 Å². The molecule has 1 heterocycles. The number of nitro groups is 1. The fourth-order valence-electron chi connectivity index (χ4n) is 1.56. The molecule has 0 amide bonds. The molecule has 0 saturated heterocycles. The SMILES string of the molecule is Cc1cnn(Cc2cccc([N+](=O)[O-])c2F)c1. The highest BCUT2D eigenvalue weighted by Crippen LogP contribution is 2.20. The molecule has 88 valence electrons. The Balaban J connectivity index is 2.33. The van der Waals surface area contributed by atoms with Crippen molar-refractivity contribution in [3.63, 3.8) is 0 Å². The molecule has 0 unspecified atom stereocenters. The van der Waals surface area contributed by atoms with Crippen molar-refractivity contribution in [3.8, 4) is 0 Å². The van der Waals surface area contributed by atoms with Crippen LogP contribution in [0.4, 0.5) is 10.1 Å². The van der Waals surface area contributed by atoms with E-state index >= 15 is 0 Å². The molecule has 0 aliphatic rings. The van der Waals surface area contributed by atoms with Crippen LogP contribution >= 0.6 is 0 Å². The van der Waals surface area contributed by atoms with Crippen LogP contribution in [0.5, 0.6) is 0 Å². The molecule has 2 rings (SSSR count). The first kappa shape index (κ1) is 11.3. The van der Waals surface area contributed by atoms with Crippen molar-refractivity contribution in [1.29, 1.82) is 0 Å². The van der Waals surface area contributed by atoms with Gasteiger partial charge in [-0.05, 0) is 12.5 Å². The number of nitrogens with zero attached hydrogens (tertiary/aromatic N) is 3. The van der Waals surface area contributed by atoms with Crippen LogP contribution < -0.4 is 0 Å². The molecule has 0 aliphatic carbocycles. The Bertz CT molecular complexity index is 566. The molecule has 0 atom stereocenters. The van der Waals surface area contributed by atoms with E-state index in [2.05, 4.69) is 5.10 Å². The van der Waals surface area contributed by atoms with Gasteiger partial charge in [-0.2, -0.15) is 9.49 Å². The number of halogens is 1. The number of rotatable bonds is 3. The third-order valence-corrected chi connectivity index (χ3v) is 2.35. The molecule has 0 radical (unpaired) electrons. The summed E-state index contributed by atoms with van der Waals surface area (Å²) in [5, 5.41) is 14.6. The van der Waals surface area contributed by atoms with Gasteiger partial charge in [0.25, 0.3) is 0 Å². The van der Waals surface area contributed by atoms with Gasteiger partial charge in [0.1, 0.15) is 0 Å². The van der Waals surface area contributed by atoms with Crippen LogP contribution in [0.3, 0.4) is 0 Å². The lowest BCUT2D eigenvalue weighted by Crippen LogP contribution is -2.04. The van der Waals surface area contributed by atoms with E-state index in [1.54, 1.807) is 12.4 Å². The molecule has 17 heavy (non-hydrogen) atoms. The molecule has 0 spiro atoms. The van der Waals surface area contributed by atoms with E-state index in [4.69, 9.17) is 0 Å². The zero-order valence-electron chi connectivity index (χ0n) is 9.13. The molecule has 0 aliphatic heterocycles. The monoisotopic (exact) mass is 235 g/mol. The second-order valence-electron chi connectivity index (χ2n) is 3.72. The van der Waals surface area contributed by atoms with Gasteiger partial charge in [-0.3, -0.25) is 14.8 Å². The Morgan fingerprint density at radius 3 is 2.88 bits per heavy atom. The van der Waals surface area contributed by atoms with Crippen LogP contribution in [0.1, 0.15) is 11.1 Å².